The van der Waals surface area contributed by atoms with Crippen LogP contribution in [0.15, 0.2) is 72.8 Å². The van der Waals surface area contributed by atoms with Crippen LogP contribution in [-0.2, 0) is 36.9 Å². The van der Waals surface area contributed by atoms with Crippen molar-refractivity contribution in [3.8, 4) is 0 Å². The van der Waals surface area contributed by atoms with Gasteiger partial charge in [-0.2, -0.15) is 0 Å². The topological polar surface area (TPSA) is 122 Å². The van der Waals surface area contributed by atoms with E-state index in [1.807, 2.05) is 66.7 Å². The molecule has 2 atom stereocenters. The van der Waals surface area contributed by atoms with E-state index in [0.717, 1.165) is 21.9 Å². The number of benzene rings is 3. The molecular formula is C28H33ClN2O5. The molecule has 0 saturated carbocycles. The van der Waals surface area contributed by atoms with Gasteiger partial charge in [0.15, 0.2) is 0 Å². The van der Waals surface area contributed by atoms with Crippen LogP contribution in [0.1, 0.15) is 43.2 Å². The Balaban J connectivity index is 0.00000456. The molecule has 8 heteroatoms. The highest BCUT2D eigenvalue weighted by molar-refractivity contribution is 5.85. The second-order valence-corrected chi connectivity index (χ2v) is 8.59. The highest BCUT2D eigenvalue weighted by Crippen LogP contribution is 2.18. The number of hydrogen-bond donors (Lipinski definition) is 2. The van der Waals surface area contributed by atoms with E-state index in [9.17, 15) is 14.4 Å². The Bertz CT molecular complexity index is 1140. The maximum atomic E-state index is 12.5. The highest BCUT2D eigenvalue weighted by atomic mass is 35.5. The Morgan fingerprint density at radius 2 is 1.53 bits per heavy atom. The van der Waals surface area contributed by atoms with Crippen LogP contribution in [0, 0.1) is 0 Å². The molecule has 192 valence electrons. The van der Waals surface area contributed by atoms with Crippen LogP contribution < -0.4 is 11.5 Å². The fraction of sp³-hybridized carbons (Fsp3) is 0.321. The first-order valence-corrected chi connectivity index (χ1v) is 11.8. The Labute approximate surface area is 217 Å². The molecule has 3 aromatic carbocycles. The van der Waals surface area contributed by atoms with Crippen LogP contribution in [-0.4, -0.2) is 30.0 Å². The Morgan fingerprint density at radius 1 is 0.833 bits per heavy atom. The van der Waals surface area contributed by atoms with Gasteiger partial charge in [0, 0.05) is 6.42 Å². The molecule has 36 heavy (non-hydrogen) atoms. The van der Waals surface area contributed by atoms with Crippen LogP contribution in [0.25, 0.3) is 10.8 Å². The van der Waals surface area contributed by atoms with Gasteiger partial charge in [0.05, 0.1) is 6.42 Å². The summed E-state index contributed by atoms with van der Waals surface area (Å²) in [7, 11) is 0. The maximum absolute atomic E-state index is 12.5. The minimum absolute atomic E-state index is 0. The second-order valence-electron chi connectivity index (χ2n) is 8.59. The van der Waals surface area contributed by atoms with Gasteiger partial charge in [0.25, 0.3) is 0 Å². The quantitative estimate of drug-likeness (QED) is 0.331. The van der Waals surface area contributed by atoms with Crippen molar-refractivity contribution < 1.29 is 23.9 Å². The van der Waals surface area contributed by atoms with E-state index in [2.05, 4.69) is 6.07 Å². The Kier molecular flexibility index (Phi) is 11.9. The average molecular weight is 513 g/mol. The van der Waals surface area contributed by atoms with E-state index in [-0.39, 0.29) is 44.2 Å². The summed E-state index contributed by atoms with van der Waals surface area (Å²) in [5.74, 6) is -1.50. The number of fused-ring (bicyclic) bond motifs is 1. The van der Waals surface area contributed by atoms with E-state index < -0.39 is 24.0 Å². The minimum Gasteiger partial charge on any atom is -0.461 e. The van der Waals surface area contributed by atoms with E-state index in [4.69, 9.17) is 20.9 Å². The third-order valence-electron chi connectivity index (χ3n) is 5.72. The first-order valence-electron chi connectivity index (χ1n) is 11.8. The molecule has 3 aromatic rings. The van der Waals surface area contributed by atoms with E-state index in [1.165, 1.54) is 0 Å². The summed E-state index contributed by atoms with van der Waals surface area (Å²) in [5.41, 5.74) is 13.3. The van der Waals surface area contributed by atoms with Crippen molar-refractivity contribution >= 4 is 41.0 Å². The fourth-order valence-corrected chi connectivity index (χ4v) is 3.80. The summed E-state index contributed by atoms with van der Waals surface area (Å²) in [6.07, 6.45) is 1.16. The standard InChI is InChI=1S/C28H32N2O5.ClH/c29-25(11-6-12-27(32)34-19-21-7-2-1-3-8-21)28(33)35-24(18-26(30)31)16-14-20-13-15-22-9-4-5-10-23(22)17-20;/h1-5,7-10,13,15,17,24-25H,6,11-12,14,16,18-19,29H2,(H2,30,31);1H/t24-,25-;/m0./s1. The monoisotopic (exact) mass is 512 g/mol. The predicted octanol–water partition coefficient (Wildman–Crippen LogP) is 4.22. The zero-order valence-corrected chi connectivity index (χ0v) is 21.0. The van der Waals surface area contributed by atoms with E-state index in [0.29, 0.717) is 19.3 Å². The number of hydrogen-bond acceptors (Lipinski definition) is 6. The third kappa shape index (κ3) is 9.68. The molecule has 0 aliphatic rings. The lowest BCUT2D eigenvalue weighted by atomic mass is 10.0. The van der Waals surface area contributed by atoms with Gasteiger partial charge in [-0.25, -0.2) is 0 Å². The van der Waals surface area contributed by atoms with Crippen LogP contribution in [0.3, 0.4) is 0 Å². The Morgan fingerprint density at radius 3 is 2.25 bits per heavy atom. The third-order valence-corrected chi connectivity index (χ3v) is 5.72. The number of ether oxygens (including phenoxy) is 2. The molecule has 4 N–H and O–H groups in total. The average Bonchev–Trinajstić information content (AvgIpc) is 2.86. The van der Waals surface area contributed by atoms with Crippen molar-refractivity contribution in [3.63, 3.8) is 0 Å². The minimum atomic E-state index is -0.895. The SMILES string of the molecule is Cl.NC(=O)C[C@H](CCc1ccc2ccccc2c1)OC(=O)[C@@H](N)CCCC(=O)OCc1ccccc1. The summed E-state index contributed by atoms with van der Waals surface area (Å²) in [6.45, 7) is 0.208. The number of nitrogens with two attached hydrogens (primary N) is 2. The lowest BCUT2D eigenvalue weighted by Crippen LogP contribution is -2.36. The van der Waals surface area contributed by atoms with Gasteiger partial charge in [-0.1, -0.05) is 72.8 Å². The lowest BCUT2D eigenvalue weighted by Gasteiger charge is -2.19. The molecule has 0 radical (unpaired) electrons. The predicted molar refractivity (Wildman–Crippen MR) is 141 cm³/mol. The van der Waals surface area contributed by atoms with Gasteiger partial charge < -0.3 is 20.9 Å². The first-order chi connectivity index (χ1) is 16.9. The molecule has 0 spiro atoms. The van der Waals surface area contributed by atoms with Gasteiger partial charge in [-0.05, 0) is 47.6 Å². The molecule has 0 saturated heterocycles. The lowest BCUT2D eigenvalue weighted by molar-refractivity contribution is -0.153. The number of rotatable bonds is 13. The van der Waals surface area contributed by atoms with Gasteiger partial charge in [0.2, 0.25) is 5.91 Å². The van der Waals surface area contributed by atoms with Crippen molar-refractivity contribution in [1.82, 2.24) is 0 Å². The molecule has 0 fully saturated rings. The van der Waals surface area contributed by atoms with Crippen LogP contribution >= 0.6 is 12.4 Å². The number of halogens is 1. The van der Waals surface area contributed by atoms with Crippen molar-refractivity contribution in [3.05, 3.63) is 83.9 Å². The normalized spacial score (nSPS) is 12.2. The first kappa shape index (κ1) is 28.8. The molecular weight excluding hydrogens is 480 g/mol. The van der Waals surface area contributed by atoms with Crippen LogP contribution in [0.4, 0.5) is 0 Å². The summed E-state index contributed by atoms with van der Waals surface area (Å²) >= 11 is 0. The summed E-state index contributed by atoms with van der Waals surface area (Å²) < 4.78 is 10.7. The van der Waals surface area contributed by atoms with Gasteiger partial charge in [-0.3, -0.25) is 14.4 Å². The van der Waals surface area contributed by atoms with E-state index in [1.54, 1.807) is 0 Å². The number of carbonyl (C=O) groups is 3. The van der Waals surface area contributed by atoms with Crippen molar-refractivity contribution in [2.45, 2.75) is 57.3 Å². The number of amides is 1. The molecule has 0 bridgehead atoms. The second kappa shape index (κ2) is 14.9. The molecule has 7 nitrogen and oxygen atoms in total. The van der Waals surface area contributed by atoms with Gasteiger partial charge in [0.1, 0.15) is 18.8 Å². The van der Waals surface area contributed by atoms with Crippen molar-refractivity contribution in [1.29, 1.82) is 0 Å². The molecule has 1 amide bonds. The van der Waals surface area contributed by atoms with Crippen LogP contribution in [0.2, 0.25) is 0 Å². The van der Waals surface area contributed by atoms with E-state index >= 15 is 0 Å². The zero-order chi connectivity index (χ0) is 25.0. The molecule has 0 aliphatic heterocycles. The molecule has 0 unspecified atom stereocenters. The number of aryl methyl sites for hydroxylation is 1. The molecule has 0 heterocycles. The van der Waals surface area contributed by atoms with Gasteiger partial charge >= 0.3 is 11.9 Å². The maximum Gasteiger partial charge on any atom is 0.323 e. The summed E-state index contributed by atoms with van der Waals surface area (Å²) in [6, 6.07) is 22.7. The Hall–Kier alpha value is -3.42. The zero-order valence-electron chi connectivity index (χ0n) is 20.1. The van der Waals surface area contributed by atoms with Crippen molar-refractivity contribution in [2.75, 3.05) is 0 Å². The number of carbonyl (C=O) groups excluding carboxylic acids is 3. The summed E-state index contributed by atoms with van der Waals surface area (Å²) in [4.78, 5) is 35.9. The fourth-order valence-electron chi connectivity index (χ4n) is 3.80. The molecule has 3 rings (SSSR count). The number of primary amides is 1. The highest BCUT2D eigenvalue weighted by Gasteiger charge is 2.22. The molecule has 0 aliphatic carbocycles. The van der Waals surface area contributed by atoms with Crippen molar-refractivity contribution in [2.24, 2.45) is 11.5 Å². The number of esters is 2. The smallest absolute Gasteiger partial charge is 0.323 e. The largest absolute Gasteiger partial charge is 0.461 e. The summed E-state index contributed by atoms with van der Waals surface area (Å²) in [5, 5.41) is 2.27. The molecule has 0 aromatic heterocycles. The van der Waals surface area contributed by atoms with Crippen LogP contribution in [0.5, 0.6) is 0 Å². The van der Waals surface area contributed by atoms with Gasteiger partial charge in [-0.15, -0.1) is 12.4 Å².